The normalized spacial score (nSPS) is 10.6. The van der Waals surface area contributed by atoms with Gasteiger partial charge in [-0.2, -0.15) is 8.78 Å². The van der Waals surface area contributed by atoms with Crippen molar-refractivity contribution < 1.29 is 27.1 Å². The molecule has 26 heavy (non-hydrogen) atoms. The number of hydrogen-bond acceptors (Lipinski definition) is 3. The summed E-state index contributed by atoms with van der Waals surface area (Å²) in [5.74, 6) is -6.87. The van der Waals surface area contributed by atoms with Gasteiger partial charge in [0.2, 0.25) is 16.7 Å². The fourth-order valence-electron chi connectivity index (χ4n) is 2.14. The Kier molecular flexibility index (Phi) is 7.26. The summed E-state index contributed by atoms with van der Waals surface area (Å²) in [5.41, 5.74) is -0.283. The van der Waals surface area contributed by atoms with Crippen molar-refractivity contribution in [3.63, 3.8) is 0 Å². The Bertz CT molecular complexity index is 765. The van der Waals surface area contributed by atoms with E-state index in [2.05, 4.69) is 6.58 Å². The molecule has 0 saturated heterocycles. The molecule has 0 radical (unpaired) electrons. The smallest absolute Gasteiger partial charge is 0.219 e. The average Bonchev–Trinajstić information content (AvgIpc) is 2.66. The number of ether oxygens (including phenoxy) is 1. The molecule has 0 bridgehead atoms. The lowest BCUT2D eigenvalue weighted by Crippen LogP contribution is -2.07. The second-order valence-electron chi connectivity index (χ2n) is 5.26. The van der Waals surface area contributed by atoms with Gasteiger partial charge in [0.25, 0.3) is 0 Å². The SMILES string of the molecule is C=Cc1c(F)c(F)c(OCCCCSC(=O)c2ccccc2)c(F)c1F. The van der Waals surface area contributed by atoms with Gasteiger partial charge in [0.15, 0.2) is 17.4 Å². The van der Waals surface area contributed by atoms with Crippen LogP contribution in [0.4, 0.5) is 17.6 Å². The van der Waals surface area contributed by atoms with Gasteiger partial charge >= 0.3 is 0 Å². The van der Waals surface area contributed by atoms with E-state index in [1.165, 1.54) is 0 Å². The summed E-state index contributed by atoms with van der Waals surface area (Å²) >= 11 is 1.12. The number of halogens is 4. The third-order valence-corrected chi connectivity index (χ3v) is 4.48. The summed E-state index contributed by atoms with van der Waals surface area (Å²) in [6.07, 6.45) is 1.59. The van der Waals surface area contributed by atoms with Crippen molar-refractivity contribution in [3.05, 3.63) is 71.3 Å². The highest BCUT2D eigenvalue weighted by Crippen LogP contribution is 2.30. The highest BCUT2D eigenvalue weighted by Gasteiger charge is 2.25. The predicted octanol–water partition coefficient (Wildman–Crippen LogP) is 5.62. The molecular formula is C19H16F4O2S. The standard InChI is InChI=1S/C19H16F4O2S/c1-2-13-14(20)16(22)18(17(23)15(13)21)25-10-6-7-11-26-19(24)12-8-4-3-5-9-12/h2-5,8-9H,1,6-7,10-11H2. The largest absolute Gasteiger partial charge is 0.487 e. The summed E-state index contributed by atoms with van der Waals surface area (Å²) < 4.78 is 59.6. The van der Waals surface area contributed by atoms with Gasteiger partial charge in [-0.1, -0.05) is 54.7 Å². The Morgan fingerprint density at radius 3 is 2.19 bits per heavy atom. The first-order valence-electron chi connectivity index (χ1n) is 7.80. The third kappa shape index (κ3) is 4.66. The third-order valence-electron chi connectivity index (χ3n) is 3.49. The molecule has 0 heterocycles. The minimum absolute atomic E-state index is 0.0761. The molecule has 0 fully saturated rings. The van der Waals surface area contributed by atoms with Gasteiger partial charge in [0, 0.05) is 11.3 Å². The molecule has 0 aromatic heterocycles. The molecule has 7 heteroatoms. The van der Waals surface area contributed by atoms with E-state index < -0.39 is 34.6 Å². The van der Waals surface area contributed by atoms with E-state index in [9.17, 15) is 22.4 Å². The quantitative estimate of drug-likeness (QED) is 0.336. The van der Waals surface area contributed by atoms with Crippen molar-refractivity contribution in [1.82, 2.24) is 0 Å². The number of carbonyl (C=O) groups is 1. The van der Waals surface area contributed by atoms with Crippen LogP contribution in [0.15, 0.2) is 36.9 Å². The summed E-state index contributed by atoms with van der Waals surface area (Å²) in [4.78, 5) is 11.9. The molecule has 0 unspecified atom stereocenters. The van der Waals surface area contributed by atoms with Crippen molar-refractivity contribution in [2.75, 3.05) is 12.4 Å². The number of rotatable bonds is 8. The lowest BCUT2D eigenvalue weighted by molar-refractivity contribution is 0.108. The fourth-order valence-corrected chi connectivity index (χ4v) is 2.97. The zero-order valence-electron chi connectivity index (χ0n) is 13.7. The van der Waals surface area contributed by atoms with Crippen LogP contribution in [0, 0.1) is 23.3 Å². The predicted molar refractivity (Wildman–Crippen MR) is 94.3 cm³/mol. The Labute approximate surface area is 152 Å². The minimum atomic E-state index is -1.59. The molecule has 2 aromatic rings. The van der Waals surface area contributed by atoms with E-state index in [0.29, 0.717) is 30.2 Å². The monoisotopic (exact) mass is 384 g/mol. The van der Waals surface area contributed by atoms with E-state index in [1.807, 2.05) is 6.07 Å². The molecular weight excluding hydrogens is 368 g/mol. The van der Waals surface area contributed by atoms with E-state index in [-0.39, 0.29) is 11.7 Å². The molecule has 2 aromatic carbocycles. The number of unbranched alkanes of at least 4 members (excludes halogenated alkanes) is 1. The Hall–Kier alpha value is -2.28. The molecule has 0 aliphatic rings. The van der Waals surface area contributed by atoms with Crippen LogP contribution in [-0.2, 0) is 0 Å². The maximum atomic E-state index is 13.8. The van der Waals surface area contributed by atoms with E-state index in [0.717, 1.165) is 11.8 Å². The number of hydrogen-bond donors (Lipinski definition) is 0. The zero-order chi connectivity index (χ0) is 19.1. The first-order valence-corrected chi connectivity index (χ1v) is 8.79. The van der Waals surface area contributed by atoms with Gasteiger partial charge in [0.1, 0.15) is 0 Å². The molecule has 0 N–H and O–H groups in total. The molecule has 0 atom stereocenters. The average molecular weight is 384 g/mol. The summed E-state index contributed by atoms with van der Waals surface area (Å²) in [7, 11) is 0. The molecule has 0 aliphatic carbocycles. The van der Waals surface area contributed by atoms with Gasteiger partial charge in [-0.15, -0.1) is 0 Å². The molecule has 2 nitrogen and oxygen atoms in total. The molecule has 0 spiro atoms. The highest BCUT2D eigenvalue weighted by molar-refractivity contribution is 8.14. The maximum absolute atomic E-state index is 13.8. The second-order valence-corrected chi connectivity index (χ2v) is 6.33. The van der Waals surface area contributed by atoms with Gasteiger partial charge in [-0.25, -0.2) is 8.78 Å². The van der Waals surface area contributed by atoms with Crippen LogP contribution >= 0.6 is 11.8 Å². The summed E-state index contributed by atoms with van der Waals surface area (Å²) in [5, 5.41) is -0.0761. The molecule has 0 amide bonds. The van der Waals surface area contributed by atoms with Crippen molar-refractivity contribution in [2.24, 2.45) is 0 Å². The first-order chi connectivity index (χ1) is 12.5. The lowest BCUT2D eigenvalue weighted by atomic mass is 10.1. The van der Waals surface area contributed by atoms with Crippen molar-refractivity contribution in [3.8, 4) is 5.75 Å². The van der Waals surface area contributed by atoms with Crippen LogP contribution in [0.2, 0.25) is 0 Å². The Balaban J connectivity index is 1.82. The van der Waals surface area contributed by atoms with Crippen LogP contribution < -0.4 is 4.74 Å². The lowest BCUT2D eigenvalue weighted by Gasteiger charge is -2.11. The number of benzene rings is 2. The van der Waals surface area contributed by atoms with Crippen LogP contribution in [0.1, 0.15) is 28.8 Å². The summed E-state index contributed by atoms with van der Waals surface area (Å²) in [6, 6.07) is 8.76. The Morgan fingerprint density at radius 2 is 1.62 bits per heavy atom. The minimum Gasteiger partial charge on any atom is -0.487 e. The number of carbonyl (C=O) groups excluding carboxylic acids is 1. The van der Waals surface area contributed by atoms with Crippen LogP contribution in [0.5, 0.6) is 5.75 Å². The maximum Gasteiger partial charge on any atom is 0.219 e. The van der Waals surface area contributed by atoms with Gasteiger partial charge in [-0.3, -0.25) is 4.79 Å². The van der Waals surface area contributed by atoms with Crippen molar-refractivity contribution in [1.29, 1.82) is 0 Å². The zero-order valence-corrected chi connectivity index (χ0v) is 14.6. The second kappa shape index (κ2) is 9.43. The van der Waals surface area contributed by atoms with Gasteiger partial charge in [0.05, 0.1) is 12.2 Å². The fraction of sp³-hybridized carbons (Fsp3) is 0.211. The molecule has 2 rings (SSSR count). The van der Waals surface area contributed by atoms with E-state index in [4.69, 9.17) is 4.74 Å². The topological polar surface area (TPSA) is 26.3 Å². The molecule has 0 saturated carbocycles. The van der Waals surface area contributed by atoms with E-state index in [1.54, 1.807) is 24.3 Å². The molecule has 0 aliphatic heterocycles. The van der Waals surface area contributed by atoms with Crippen molar-refractivity contribution >= 4 is 23.0 Å². The van der Waals surface area contributed by atoms with Gasteiger partial charge < -0.3 is 4.74 Å². The Morgan fingerprint density at radius 1 is 1.00 bits per heavy atom. The van der Waals surface area contributed by atoms with Crippen LogP contribution in [0.3, 0.4) is 0 Å². The van der Waals surface area contributed by atoms with Gasteiger partial charge in [-0.05, 0) is 12.8 Å². The van der Waals surface area contributed by atoms with E-state index >= 15 is 0 Å². The highest BCUT2D eigenvalue weighted by atomic mass is 32.2. The summed E-state index contributed by atoms with van der Waals surface area (Å²) in [6.45, 7) is 2.97. The first kappa shape index (κ1) is 20.0. The number of thioether (sulfide) groups is 1. The van der Waals surface area contributed by atoms with Crippen LogP contribution in [0.25, 0.3) is 6.08 Å². The van der Waals surface area contributed by atoms with Crippen LogP contribution in [-0.4, -0.2) is 17.5 Å². The van der Waals surface area contributed by atoms with Crippen molar-refractivity contribution in [2.45, 2.75) is 12.8 Å². The molecule has 138 valence electrons.